The van der Waals surface area contributed by atoms with E-state index in [2.05, 4.69) is 10.1 Å². The SMILES string of the molecule is Cc1ccc(C)c2oc(-c3nc(-c4ccc(C(=O)O)cc4N)no3)cc12. The molecule has 4 aromatic rings. The Balaban J connectivity index is 1.76. The van der Waals surface area contributed by atoms with Crippen LogP contribution in [0.1, 0.15) is 21.5 Å². The normalized spacial score (nSPS) is 11.2. The number of aryl methyl sites for hydroxylation is 2. The number of furan rings is 1. The summed E-state index contributed by atoms with van der Waals surface area (Å²) in [6.07, 6.45) is 0. The lowest BCUT2D eigenvalue weighted by Crippen LogP contribution is -1.99. The molecule has 0 aliphatic rings. The Morgan fingerprint density at radius 1 is 1.12 bits per heavy atom. The van der Waals surface area contributed by atoms with E-state index in [9.17, 15) is 4.79 Å². The van der Waals surface area contributed by atoms with Crippen LogP contribution in [0.15, 0.2) is 45.3 Å². The van der Waals surface area contributed by atoms with E-state index < -0.39 is 5.97 Å². The molecule has 0 radical (unpaired) electrons. The van der Waals surface area contributed by atoms with Gasteiger partial charge in [-0.15, -0.1) is 0 Å². The minimum Gasteiger partial charge on any atom is -0.478 e. The van der Waals surface area contributed by atoms with Crippen molar-refractivity contribution in [3.63, 3.8) is 0 Å². The molecule has 3 N–H and O–H groups in total. The summed E-state index contributed by atoms with van der Waals surface area (Å²) in [7, 11) is 0. The van der Waals surface area contributed by atoms with Crippen LogP contribution in [0.25, 0.3) is 34.0 Å². The summed E-state index contributed by atoms with van der Waals surface area (Å²) >= 11 is 0. The highest BCUT2D eigenvalue weighted by Crippen LogP contribution is 2.32. The summed E-state index contributed by atoms with van der Waals surface area (Å²) in [5.74, 6) is -0.0815. The molecule has 0 saturated carbocycles. The maximum atomic E-state index is 11.0. The van der Waals surface area contributed by atoms with Crippen molar-refractivity contribution >= 4 is 22.6 Å². The van der Waals surface area contributed by atoms with E-state index in [-0.39, 0.29) is 23.0 Å². The number of hydrogen-bond donors (Lipinski definition) is 2. The van der Waals surface area contributed by atoms with Crippen LogP contribution in [-0.2, 0) is 0 Å². The molecule has 0 aliphatic heterocycles. The number of nitrogens with zero attached hydrogens (tertiary/aromatic N) is 2. The molecule has 7 nitrogen and oxygen atoms in total. The van der Waals surface area contributed by atoms with Gasteiger partial charge in [-0.05, 0) is 49.2 Å². The first-order valence-electron chi connectivity index (χ1n) is 7.91. The van der Waals surface area contributed by atoms with E-state index in [1.54, 1.807) is 6.07 Å². The third-order valence-corrected chi connectivity index (χ3v) is 4.27. The Bertz CT molecular complexity index is 1120. The van der Waals surface area contributed by atoms with Crippen LogP contribution in [0.2, 0.25) is 0 Å². The number of anilines is 1. The fourth-order valence-corrected chi connectivity index (χ4v) is 2.83. The van der Waals surface area contributed by atoms with E-state index in [1.807, 2.05) is 32.0 Å². The molecule has 0 spiro atoms. The molecule has 0 unspecified atom stereocenters. The lowest BCUT2D eigenvalue weighted by Gasteiger charge is -2.01. The molecular formula is C19H15N3O4. The maximum Gasteiger partial charge on any atom is 0.335 e. The largest absolute Gasteiger partial charge is 0.478 e. The number of aromatic carboxylic acids is 1. The number of carboxylic acids is 1. The van der Waals surface area contributed by atoms with Crippen molar-refractivity contribution < 1.29 is 18.8 Å². The molecule has 2 aromatic heterocycles. The van der Waals surface area contributed by atoms with Crippen molar-refractivity contribution in [1.82, 2.24) is 10.1 Å². The molecule has 26 heavy (non-hydrogen) atoms. The Kier molecular flexibility index (Phi) is 3.50. The van der Waals surface area contributed by atoms with Crippen molar-refractivity contribution in [3.8, 4) is 23.0 Å². The molecule has 2 aromatic carbocycles. The predicted molar refractivity (Wildman–Crippen MR) is 95.8 cm³/mol. The number of hydrogen-bond acceptors (Lipinski definition) is 6. The van der Waals surface area contributed by atoms with Crippen LogP contribution in [0, 0.1) is 13.8 Å². The van der Waals surface area contributed by atoms with Gasteiger partial charge in [0.25, 0.3) is 5.89 Å². The molecule has 0 aliphatic carbocycles. The number of rotatable bonds is 3. The molecule has 130 valence electrons. The third kappa shape index (κ3) is 2.50. The average Bonchev–Trinajstić information content (AvgIpc) is 3.25. The number of aromatic nitrogens is 2. The summed E-state index contributed by atoms with van der Waals surface area (Å²) in [5, 5.41) is 14.0. The molecule has 0 bridgehead atoms. The fraction of sp³-hybridized carbons (Fsp3) is 0.105. The Morgan fingerprint density at radius 3 is 2.58 bits per heavy atom. The number of fused-ring (bicyclic) bond motifs is 1. The second-order valence-electron chi connectivity index (χ2n) is 6.08. The number of nitrogen functional groups attached to an aromatic ring is 1. The van der Waals surface area contributed by atoms with Crippen molar-refractivity contribution in [2.24, 2.45) is 0 Å². The zero-order valence-electron chi connectivity index (χ0n) is 14.1. The van der Waals surface area contributed by atoms with Gasteiger partial charge in [-0.2, -0.15) is 4.98 Å². The van der Waals surface area contributed by atoms with Crippen molar-refractivity contribution in [1.29, 1.82) is 0 Å². The van der Waals surface area contributed by atoms with Gasteiger partial charge in [0, 0.05) is 16.6 Å². The quantitative estimate of drug-likeness (QED) is 0.536. The Hall–Kier alpha value is -3.61. The van der Waals surface area contributed by atoms with E-state index in [4.69, 9.17) is 19.8 Å². The van der Waals surface area contributed by atoms with Crippen molar-refractivity contribution in [2.45, 2.75) is 13.8 Å². The van der Waals surface area contributed by atoms with Gasteiger partial charge in [0.1, 0.15) is 5.58 Å². The number of benzene rings is 2. The molecule has 0 saturated heterocycles. The minimum atomic E-state index is -1.05. The smallest absolute Gasteiger partial charge is 0.335 e. The maximum absolute atomic E-state index is 11.0. The van der Waals surface area contributed by atoms with Crippen LogP contribution in [0.5, 0.6) is 0 Å². The molecule has 2 heterocycles. The van der Waals surface area contributed by atoms with E-state index in [0.29, 0.717) is 11.3 Å². The standard InChI is InChI=1S/C19H15N3O4/c1-9-3-4-10(2)16-13(9)8-15(25-16)18-21-17(22-26-18)12-6-5-11(19(23)24)7-14(12)20/h3-8H,20H2,1-2H3,(H,23,24). The Labute approximate surface area is 148 Å². The van der Waals surface area contributed by atoms with Gasteiger partial charge in [-0.3, -0.25) is 0 Å². The molecule has 0 amide bonds. The second-order valence-corrected chi connectivity index (χ2v) is 6.08. The van der Waals surface area contributed by atoms with Crippen LogP contribution in [-0.4, -0.2) is 21.2 Å². The summed E-state index contributed by atoms with van der Waals surface area (Å²) in [6.45, 7) is 3.98. The summed E-state index contributed by atoms with van der Waals surface area (Å²) < 4.78 is 11.2. The molecule has 0 fully saturated rings. The summed E-state index contributed by atoms with van der Waals surface area (Å²) in [5.41, 5.74) is 9.67. The van der Waals surface area contributed by atoms with Crippen LogP contribution < -0.4 is 5.73 Å². The van der Waals surface area contributed by atoms with Crippen LogP contribution in [0.3, 0.4) is 0 Å². The van der Waals surface area contributed by atoms with E-state index in [1.165, 1.54) is 12.1 Å². The first kappa shape index (κ1) is 15.9. The lowest BCUT2D eigenvalue weighted by atomic mass is 10.1. The number of nitrogens with two attached hydrogens (primary N) is 1. The number of carbonyl (C=O) groups is 1. The highest BCUT2D eigenvalue weighted by Gasteiger charge is 2.18. The van der Waals surface area contributed by atoms with Gasteiger partial charge in [-0.1, -0.05) is 17.3 Å². The molecule has 0 atom stereocenters. The highest BCUT2D eigenvalue weighted by molar-refractivity contribution is 5.91. The van der Waals surface area contributed by atoms with Gasteiger partial charge in [0.05, 0.1) is 5.56 Å². The van der Waals surface area contributed by atoms with Gasteiger partial charge in [0.2, 0.25) is 5.82 Å². The monoisotopic (exact) mass is 349 g/mol. The first-order valence-corrected chi connectivity index (χ1v) is 7.91. The van der Waals surface area contributed by atoms with Crippen LogP contribution in [0.4, 0.5) is 5.69 Å². The first-order chi connectivity index (χ1) is 12.4. The van der Waals surface area contributed by atoms with Crippen molar-refractivity contribution in [3.05, 3.63) is 53.1 Å². The zero-order valence-corrected chi connectivity index (χ0v) is 14.1. The zero-order chi connectivity index (χ0) is 18.4. The molecule has 4 rings (SSSR count). The van der Waals surface area contributed by atoms with Crippen molar-refractivity contribution in [2.75, 3.05) is 5.73 Å². The van der Waals surface area contributed by atoms with Gasteiger partial charge in [-0.25, -0.2) is 4.79 Å². The topological polar surface area (TPSA) is 115 Å². The highest BCUT2D eigenvalue weighted by atomic mass is 16.5. The second kappa shape index (κ2) is 5.73. The summed E-state index contributed by atoms with van der Waals surface area (Å²) in [6, 6.07) is 10.3. The molecular weight excluding hydrogens is 334 g/mol. The summed E-state index contributed by atoms with van der Waals surface area (Å²) in [4.78, 5) is 15.4. The van der Waals surface area contributed by atoms with Crippen LogP contribution >= 0.6 is 0 Å². The van der Waals surface area contributed by atoms with E-state index in [0.717, 1.165) is 22.1 Å². The molecule has 7 heteroatoms. The third-order valence-electron chi connectivity index (χ3n) is 4.27. The number of carboxylic acid groups (broad SMARTS) is 1. The fourth-order valence-electron chi connectivity index (χ4n) is 2.83. The lowest BCUT2D eigenvalue weighted by molar-refractivity contribution is 0.0697. The Morgan fingerprint density at radius 2 is 1.88 bits per heavy atom. The average molecular weight is 349 g/mol. The van der Waals surface area contributed by atoms with Gasteiger partial charge < -0.3 is 19.8 Å². The van der Waals surface area contributed by atoms with Gasteiger partial charge in [0.15, 0.2) is 5.76 Å². The van der Waals surface area contributed by atoms with Gasteiger partial charge >= 0.3 is 5.97 Å². The van der Waals surface area contributed by atoms with E-state index >= 15 is 0 Å². The predicted octanol–water partition coefficient (Wildman–Crippen LogP) is 4.05. The minimum absolute atomic E-state index is 0.0956.